The zero-order chi connectivity index (χ0) is 15.4. The van der Waals surface area contributed by atoms with Crippen molar-refractivity contribution in [2.75, 3.05) is 37.4 Å². The van der Waals surface area contributed by atoms with Crippen molar-refractivity contribution in [3.63, 3.8) is 0 Å². The van der Waals surface area contributed by atoms with Crippen molar-refractivity contribution < 1.29 is 9.72 Å². The fraction of sp³-hybridized carbons (Fsp3) is 0.583. The Morgan fingerprint density at radius 3 is 2.90 bits per heavy atom. The van der Waals surface area contributed by atoms with Crippen LogP contribution >= 0.6 is 0 Å². The summed E-state index contributed by atoms with van der Waals surface area (Å²) in [6, 6.07) is 0. The van der Waals surface area contributed by atoms with Crippen molar-refractivity contribution >= 4 is 23.4 Å². The molecule has 21 heavy (non-hydrogen) atoms. The van der Waals surface area contributed by atoms with Gasteiger partial charge < -0.3 is 15.5 Å². The summed E-state index contributed by atoms with van der Waals surface area (Å²) < 4.78 is 0. The number of hydrogen-bond acceptors (Lipinski definition) is 7. The summed E-state index contributed by atoms with van der Waals surface area (Å²) in [5.41, 5.74) is -0.147. The predicted molar refractivity (Wildman–Crippen MR) is 77.2 cm³/mol. The molecule has 1 aliphatic rings. The van der Waals surface area contributed by atoms with Crippen LogP contribution in [-0.4, -0.2) is 48.0 Å². The first-order valence-electron chi connectivity index (χ1n) is 6.72. The first-order chi connectivity index (χ1) is 10.1. The number of nitrogens with one attached hydrogen (secondary N) is 2. The molecule has 0 saturated carbocycles. The number of piperidine rings is 1. The van der Waals surface area contributed by atoms with E-state index < -0.39 is 4.92 Å². The van der Waals surface area contributed by atoms with Gasteiger partial charge in [0.25, 0.3) is 0 Å². The zero-order valence-electron chi connectivity index (χ0n) is 12.0. The van der Waals surface area contributed by atoms with Gasteiger partial charge in [0.15, 0.2) is 0 Å². The zero-order valence-corrected chi connectivity index (χ0v) is 12.0. The molecule has 2 rings (SSSR count). The van der Waals surface area contributed by atoms with Crippen LogP contribution in [0.2, 0.25) is 0 Å². The average Bonchev–Trinajstić information content (AvgIpc) is 2.53. The van der Waals surface area contributed by atoms with Gasteiger partial charge in [-0.1, -0.05) is 0 Å². The third-order valence-electron chi connectivity index (χ3n) is 3.51. The van der Waals surface area contributed by atoms with Gasteiger partial charge >= 0.3 is 5.69 Å². The molecule has 0 aliphatic carbocycles. The molecule has 1 fully saturated rings. The van der Waals surface area contributed by atoms with Crippen LogP contribution in [0.1, 0.15) is 12.8 Å². The molecule has 0 spiro atoms. The van der Waals surface area contributed by atoms with E-state index in [-0.39, 0.29) is 23.3 Å². The molecular formula is C12H18N6O3. The van der Waals surface area contributed by atoms with E-state index in [9.17, 15) is 14.9 Å². The highest BCUT2D eigenvalue weighted by atomic mass is 16.6. The Hall–Kier alpha value is -2.45. The fourth-order valence-corrected chi connectivity index (χ4v) is 2.44. The van der Waals surface area contributed by atoms with E-state index in [0.29, 0.717) is 19.0 Å². The Kier molecular flexibility index (Phi) is 4.51. The summed E-state index contributed by atoms with van der Waals surface area (Å²) in [5.74, 6) is 0.340. The van der Waals surface area contributed by atoms with Crippen LogP contribution in [0.5, 0.6) is 0 Å². The lowest BCUT2D eigenvalue weighted by atomic mass is 9.97. The van der Waals surface area contributed by atoms with E-state index in [4.69, 9.17) is 0 Å². The third kappa shape index (κ3) is 3.18. The maximum absolute atomic E-state index is 11.8. The summed E-state index contributed by atoms with van der Waals surface area (Å²) in [6.45, 7) is 1.05. The molecule has 1 aromatic heterocycles. The second kappa shape index (κ2) is 6.33. The number of amides is 1. The standard InChI is InChI=1S/C12H18N6O3/c1-13-11(19)8-4-3-5-17(7-8)10-9(18(20)21)6-15-12(14-2)16-10/h6,8H,3-5,7H2,1-2H3,(H,13,19)(H,14,15,16). The SMILES string of the molecule is CNC(=O)C1CCCN(c2nc(NC)ncc2[N+](=O)[O-])C1. The Morgan fingerprint density at radius 2 is 2.29 bits per heavy atom. The van der Waals surface area contributed by atoms with Gasteiger partial charge in [-0.2, -0.15) is 4.98 Å². The van der Waals surface area contributed by atoms with Gasteiger partial charge in [0.2, 0.25) is 17.7 Å². The summed E-state index contributed by atoms with van der Waals surface area (Å²) in [6.07, 6.45) is 2.75. The molecule has 1 aliphatic heterocycles. The number of aromatic nitrogens is 2. The van der Waals surface area contributed by atoms with E-state index in [1.807, 2.05) is 0 Å². The highest BCUT2D eigenvalue weighted by Gasteiger charge is 2.30. The number of carbonyl (C=O) groups excluding carboxylic acids is 1. The van der Waals surface area contributed by atoms with Crippen LogP contribution in [0.3, 0.4) is 0 Å². The fourth-order valence-electron chi connectivity index (χ4n) is 2.44. The van der Waals surface area contributed by atoms with Gasteiger partial charge in [-0.15, -0.1) is 0 Å². The van der Waals surface area contributed by atoms with E-state index in [2.05, 4.69) is 20.6 Å². The Morgan fingerprint density at radius 1 is 1.52 bits per heavy atom. The van der Waals surface area contributed by atoms with Gasteiger partial charge in [0, 0.05) is 27.2 Å². The van der Waals surface area contributed by atoms with Crippen LogP contribution in [0.25, 0.3) is 0 Å². The highest BCUT2D eigenvalue weighted by molar-refractivity contribution is 5.79. The minimum atomic E-state index is -0.502. The molecule has 9 heteroatoms. The molecule has 0 radical (unpaired) electrons. The Balaban J connectivity index is 2.31. The highest BCUT2D eigenvalue weighted by Crippen LogP contribution is 2.29. The number of carbonyl (C=O) groups is 1. The van der Waals surface area contributed by atoms with E-state index in [1.54, 1.807) is 19.0 Å². The molecule has 1 amide bonds. The topological polar surface area (TPSA) is 113 Å². The summed E-state index contributed by atoms with van der Waals surface area (Å²) in [5, 5.41) is 16.5. The molecular weight excluding hydrogens is 276 g/mol. The number of nitro groups is 1. The van der Waals surface area contributed by atoms with Crippen molar-refractivity contribution in [1.82, 2.24) is 15.3 Å². The van der Waals surface area contributed by atoms with Gasteiger partial charge in [-0.05, 0) is 12.8 Å². The van der Waals surface area contributed by atoms with Crippen molar-refractivity contribution in [3.05, 3.63) is 16.3 Å². The molecule has 1 atom stereocenters. The van der Waals surface area contributed by atoms with Crippen molar-refractivity contribution in [3.8, 4) is 0 Å². The molecule has 0 bridgehead atoms. The van der Waals surface area contributed by atoms with Crippen molar-refractivity contribution in [2.45, 2.75) is 12.8 Å². The number of rotatable bonds is 4. The first-order valence-corrected chi connectivity index (χ1v) is 6.72. The van der Waals surface area contributed by atoms with E-state index in [1.165, 1.54) is 6.20 Å². The van der Waals surface area contributed by atoms with Gasteiger partial charge in [0.05, 0.1) is 10.8 Å². The molecule has 1 unspecified atom stereocenters. The molecule has 2 heterocycles. The second-order valence-corrected chi connectivity index (χ2v) is 4.81. The van der Waals surface area contributed by atoms with Gasteiger partial charge in [-0.25, -0.2) is 4.98 Å². The van der Waals surface area contributed by atoms with Crippen molar-refractivity contribution in [1.29, 1.82) is 0 Å². The lowest BCUT2D eigenvalue weighted by Crippen LogP contribution is -2.42. The van der Waals surface area contributed by atoms with Crippen LogP contribution in [0.15, 0.2) is 6.20 Å². The molecule has 1 aromatic rings. The molecule has 114 valence electrons. The molecule has 9 nitrogen and oxygen atoms in total. The molecule has 2 N–H and O–H groups in total. The maximum Gasteiger partial charge on any atom is 0.329 e. The minimum absolute atomic E-state index is 0.0507. The Labute approximate surface area is 121 Å². The van der Waals surface area contributed by atoms with E-state index >= 15 is 0 Å². The smallest absolute Gasteiger partial charge is 0.329 e. The van der Waals surface area contributed by atoms with Crippen LogP contribution in [0.4, 0.5) is 17.5 Å². The maximum atomic E-state index is 11.8. The Bertz CT molecular complexity index is 550. The summed E-state index contributed by atoms with van der Waals surface area (Å²) in [4.78, 5) is 32.2. The monoisotopic (exact) mass is 294 g/mol. The molecule has 1 saturated heterocycles. The van der Waals surface area contributed by atoms with Gasteiger partial charge in [0.1, 0.15) is 6.20 Å². The predicted octanol–water partition coefficient (Wildman–Crippen LogP) is 0.389. The van der Waals surface area contributed by atoms with E-state index in [0.717, 1.165) is 12.8 Å². The summed E-state index contributed by atoms with van der Waals surface area (Å²) >= 11 is 0. The minimum Gasteiger partial charge on any atom is -0.359 e. The lowest BCUT2D eigenvalue weighted by Gasteiger charge is -2.32. The number of hydrogen-bond donors (Lipinski definition) is 2. The number of anilines is 2. The second-order valence-electron chi connectivity index (χ2n) is 4.81. The van der Waals surface area contributed by atoms with Crippen LogP contribution < -0.4 is 15.5 Å². The normalized spacial score (nSPS) is 18.2. The van der Waals surface area contributed by atoms with Crippen LogP contribution in [-0.2, 0) is 4.79 Å². The van der Waals surface area contributed by atoms with Crippen LogP contribution in [0, 0.1) is 16.0 Å². The summed E-state index contributed by atoms with van der Waals surface area (Å²) in [7, 11) is 3.24. The first kappa shape index (κ1) is 14.9. The average molecular weight is 294 g/mol. The third-order valence-corrected chi connectivity index (χ3v) is 3.51. The lowest BCUT2D eigenvalue weighted by molar-refractivity contribution is -0.384. The number of nitrogens with zero attached hydrogens (tertiary/aromatic N) is 4. The van der Waals surface area contributed by atoms with Crippen molar-refractivity contribution in [2.24, 2.45) is 5.92 Å². The van der Waals surface area contributed by atoms with Gasteiger partial charge in [-0.3, -0.25) is 14.9 Å². The largest absolute Gasteiger partial charge is 0.359 e. The molecule has 0 aromatic carbocycles. The quantitative estimate of drug-likeness (QED) is 0.610.